The third kappa shape index (κ3) is 3.72. The number of hydrogen-bond acceptors (Lipinski definition) is 4. The van der Waals surface area contributed by atoms with Crippen LogP contribution >= 0.6 is 0 Å². The molecule has 2 heterocycles. The summed E-state index contributed by atoms with van der Waals surface area (Å²) in [5.41, 5.74) is 1.08. The molecule has 0 saturated heterocycles. The van der Waals surface area contributed by atoms with E-state index in [1.54, 1.807) is 13.1 Å². The maximum Gasteiger partial charge on any atom is 0.404 e. The number of anilines is 1. The van der Waals surface area contributed by atoms with Gasteiger partial charge >= 0.3 is 6.09 Å². The molecule has 0 spiro atoms. The lowest BCUT2D eigenvalue weighted by atomic mass is 9.86. The summed E-state index contributed by atoms with van der Waals surface area (Å²) in [5, 5.41) is 14.4. The van der Waals surface area contributed by atoms with E-state index in [-0.39, 0.29) is 17.3 Å². The van der Waals surface area contributed by atoms with E-state index in [1.165, 1.54) is 10.6 Å². The number of nitrogens with zero attached hydrogens (tertiary/aromatic N) is 2. The average molecular weight is 348 g/mol. The SMILES string of the molecule is Cn1c(=O)ccc2ncc(F)c(NC[C@H]3CC[C@H](NC(=O)O)CC3)c21. The fourth-order valence-electron chi connectivity index (χ4n) is 3.43. The molecule has 0 radical (unpaired) electrons. The largest absolute Gasteiger partial charge is 0.465 e. The van der Waals surface area contributed by atoms with E-state index in [0.29, 0.717) is 23.5 Å². The van der Waals surface area contributed by atoms with Crippen LogP contribution in [-0.4, -0.2) is 33.3 Å². The Labute approximate surface area is 143 Å². The molecule has 1 amide bonds. The summed E-state index contributed by atoms with van der Waals surface area (Å²) in [5.74, 6) is -0.162. The number of halogens is 1. The van der Waals surface area contributed by atoms with Gasteiger partial charge in [-0.3, -0.25) is 9.78 Å². The molecule has 25 heavy (non-hydrogen) atoms. The molecule has 134 valence electrons. The fourth-order valence-corrected chi connectivity index (χ4v) is 3.43. The van der Waals surface area contributed by atoms with Crippen LogP contribution in [0.2, 0.25) is 0 Å². The van der Waals surface area contributed by atoms with E-state index in [2.05, 4.69) is 15.6 Å². The van der Waals surface area contributed by atoms with Crippen molar-refractivity contribution in [3.8, 4) is 0 Å². The smallest absolute Gasteiger partial charge is 0.404 e. The predicted molar refractivity (Wildman–Crippen MR) is 92.3 cm³/mol. The number of pyridine rings is 2. The van der Waals surface area contributed by atoms with Crippen LogP contribution in [0.25, 0.3) is 11.0 Å². The summed E-state index contributed by atoms with van der Waals surface area (Å²) in [4.78, 5) is 26.6. The van der Waals surface area contributed by atoms with Crippen LogP contribution in [0.1, 0.15) is 25.7 Å². The van der Waals surface area contributed by atoms with Crippen LogP contribution in [0.4, 0.5) is 14.9 Å². The Morgan fingerprint density at radius 1 is 1.36 bits per heavy atom. The first-order chi connectivity index (χ1) is 12.0. The maximum atomic E-state index is 14.3. The molecule has 0 bridgehead atoms. The van der Waals surface area contributed by atoms with Crippen LogP contribution in [0.15, 0.2) is 23.1 Å². The van der Waals surface area contributed by atoms with Gasteiger partial charge in [-0.1, -0.05) is 0 Å². The zero-order valence-electron chi connectivity index (χ0n) is 14.0. The van der Waals surface area contributed by atoms with Crippen molar-refractivity contribution >= 4 is 22.8 Å². The highest BCUT2D eigenvalue weighted by Gasteiger charge is 2.23. The lowest BCUT2D eigenvalue weighted by Gasteiger charge is -2.28. The highest BCUT2D eigenvalue weighted by Crippen LogP contribution is 2.27. The normalized spacial score (nSPS) is 20.4. The molecule has 2 aromatic rings. The van der Waals surface area contributed by atoms with Crippen molar-refractivity contribution in [3.63, 3.8) is 0 Å². The number of carboxylic acid groups (broad SMARTS) is 1. The van der Waals surface area contributed by atoms with E-state index in [1.807, 2.05) is 0 Å². The summed E-state index contributed by atoms with van der Waals surface area (Å²) >= 11 is 0. The van der Waals surface area contributed by atoms with Crippen molar-refractivity contribution in [3.05, 3.63) is 34.5 Å². The Hall–Kier alpha value is -2.64. The first-order valence-electron chi connectivity index (χ1n) is 8.33. The standard InChI is InChI=1S/C17H21FN4O3/c1-22-14(23)7-6-13-16(22)15(12(18)9-19-13)20-8-10-2-4-11(5-3-10)21-17(24)25/h6-7,9-11,21H,2-5,8H2,1H3,(H,19,20)(H,24,25)/t10-,11-. The highest BCUT2D eigenvalue weighted by atomic mass is 19.1. The van der Waals surface area contributed by atoms with Gasteiger partial charge in [0.05, 0.1) is 22.9 Å². The maximum absolute atomic E-state index is 14.3. The third-order valence-corrected chi connectivity index (χ3v) is 4.83. The second kappa shape index (κ2) is 7.08. The molecule has 1 fully saturated rings. The summed E-state index contributed by atoms with van der Waals surface area (Å²) in [6.45, 7) is 0.568. The first-order valence-corrected chi connectivity index (χ1v) is 8.33. The Kier molecular flexibility index (Phi) is 4.87. The molecule has 0 aliphatic heterocycles. The Morgan fingerprint density at radius 3 is 2.76 bits per heavy atom. The van der Waals surface area contributed by atoms with Crippen LogP contribution in [0.5, 0.6) is 0 Å². The van der Waals surface area contributed by atoms with E-state index >= 15 is 0 Å². The molecule has 3 N–H and O–H groups in total. The van der Waals surface area contributed by atoms with Gasteiger partial charge in [0, 0.05) is 25.7 Å². The highest BCUT2D eigenvalue weighted by molar-refractivity contribution is 5.88. The fraction of sp³-hybridized carbons (Fsp3) is 0.471. The molecule has 2 aromatic heterocycles. The van der Waals surface area contributed by atoms with Gasteiger partial charge in [-0.25, -0.2) is 9.18 Å². The topological polar surface area (TPSA) is 96.3 Å². The van der Waals surface area contributed by atoms with E-state index in [4.69, 9.17) is 5.11 Å². The molecular formula is C17H21FN4O3. The zero-order valence-corrected chi connectivity index (χ0v) is 14.0. The lowest BCUT2D eigenvalue weighted by Crippen LogP contribution is -2.37. The molecular weight excluding hydrogens is 327 g/mol. The number of aromatic nitrogens is 2. The van der Waals surface area contributed by atoms with E-state index in [0.717, 1.165) is 31.9 Å². The number of fused-ring (bicyclic) bond motifs is 1. The van der Waals surface area contributed by atoms with Gasteiger partial charge in [-0.05, 0) is 37.7 Å². The molecule has 0 aromatic carbocycles. The minimum Gasteiger partial charge on any atom is -0.465 e. The van der Waals surface area contributed by atoms with Crippen molar-refractivity contribution < 1.29 is 14.3 Å². The first kappa shape index (κ1) is 17.2. The van der Waals surface area contributed by atoms with Gasteiger partial charge in [0.15, 0.2) is 5.82 Å². The number of aryl methyl sites for hydroxylation is 1. The summed E-state index contributed by atoms with van der Waals surface area (Å²) in [6, 6.07) is 2.99. The van der Waals surface area contributed by atoms with Gasteiger partial charge in [-0.15, -0.1) is 0 Å². The van der Waals surface area contributed by atoms with Gasteiger partial charge < -0.3 is 20.3 Å². The number of carbonyl (C=O) groups is 1. The van der Waals surface area contributed by atoms with Gasteiger partial charge in [0.1, 0.15) is 0 Å². The van der Waals surface area contributed by atoms with Crippen LogP contribution in [0.3, 0.4) is 0 Å². The Morgan fingerprint density at radius 2 is 2.08 bits per heavy atom. The molecule has 8 heteroatoms. The van der Waals surface area contributed by atoms with Gasteiger partial charge in [0.2, 0.25) is 0 Å². The summed E-state index contributed by atoms with van der Waals surface area (Å²) in [7, 11) is 1.60. The predicted octanol–water partition coefficient (Wildman–Crippen LogP) is 2.31. The number of hydrogen-bond donors (Lipinski definition) is 3. The minimum absolute atomic E-state index is 0.00642. The van der Waals surface area contributed by atoms with Crippen LogP contribution in [0, 0.1) is 11.7 Å². The molecule has 0 unspecified atom stereocenters. The molecule has 1 aliphatic rings. The van der Waals surface area contributed by atoms with E-state index < -0.39 is 11.9 Å². The van der Waals surface area contributed by atoms with Crippen molar-refractivity contribution in [2.24, 2.45) is 13.0 Å². The van der Waals surface area contributed by atoms with Gasteiger partial charge in [0.25, 0.3) is 5.56 Å². The second-order valence-electron chi connectivity index (χ2n) is 6.49. The summed E-state index contributed by atoms with van der Waals surface area (Å²) in [6.07, 6.45) is 3.44. The van der Waals surface area contributed by atoms with Crippen molar-refractivity contribution in [2.45, 2.75) is 31.7 Å². The molecule has 1 saturated carbocycles. The third-order valence-electron chi connectivity index (χ3n) is 4.83. The Balaban J connectivity index is 1.72. The number of rotatable bonds is 4. The monoisotopic (exact) mass is 348 g/mol. The van der Waals surface area contributed by atoms with E-state index in [9.17, 15) is 14.0 Å². The van der Waals surface area contributed by atoms with Gasteiger partial charge in [-0.2, -0.15) is 0 Å². The molecule has 7 nitrogen and oxygen atoms in total. The average Bonchev–Trinajstić information content (AvgIpc) is 2.58. The number of nitrogens with one attached hydrogen (secondary N) is 2. The lowest BCUT2D eigenvalue weighted by molar-refractivity contribution is 0.183. The number of amides is 1. The van der Waals surface area contributed by atoms with Crippen molar-refractivity contribution in [1.82, 2.24) is 14.9 Å². The van der Waals surface area contributed by atoms with Crippen LogP contribution in [-0.2, 0) is 7.05 Å². The zero-order chi connectivity index (χ0) is 18.0. The minimum atomic E-state index is -0.993. The molecule has 1 aliphatic carbocycles. The van der Waals surface area contributed by atoms with Crippen molar-refractivity contribution in [1.29, 1.82) is 0 Å². The molecule has 0 atom stereocenters. The Bertz CT molecular complexity index is 844. The molecule has 3 rings (SSSR count). The quantitative estimate of drug-likeness (QED) is 0.788. The van der Waals surface area contributed by atoms with Crippen molar-refractivity contribution in [2.75, 3.05) is 11.9 Å². The van der Waals surface area contributed by atoms with Crippen LogP contribution < -0.4 is 16.2 Å². The second-order valence-corrected chi connectivity index (χ2v) is 6.49. The summed E-state index contributed by atoms with van der Waals surface area (Å²) < 4.78 is 15.7.